The van der Waals surface area contributed by atoms with Crippen molar-refractivity contribution in [3.05, 3.63) is 36.0 Å². The summed E-state index contributed by atoms with van der Waals surface area (Å²) in [6.45, 7) is 4.75. The van der Waals surface area contributed by atoms with E-state index in [1.165, 1.54) is 19.3 Å². The summed E-state index contributed by atoms with van der Waals surface area (Å²) < 4.78 is 5.42. The summed E-state index contributed by atoms with van der Waals surface area (Å²) in [6.07, 6.45) is 5.12. The first-order chi connectivity index (χ1) is 13.7. The third-order valence-electron chi connectivity index (χ3n) is 5.15. The van der Waals surface area contributed by atoms with E-state index in [0.29, 0.717) is 12.6 Å². The molecule has 3 heterocycles. The lowest BCUT2D eigenvalue weighted by Crippen LogP contribution is -2.30. The molecule has 1 atom stereocenters. The Morgan fingerprint density at radius 1 is 1.07 bits per heavy atom. The zero-order chi connectivity index (χ0) is 19.3. The van der Waals surface area contributed by atoms with Gasteiger partial charge >= 0.3 is 0 Å². The van der Waals surface area contributed by atoms with Crippen molar-refractivity contribution in [2.45, 2.75) is 45.1 Å². The van der Waals surface area contributed by atoms with Gasteiger partial charge in [-0.25, -0.2) is 4.98 Å². The number of rotatable bonds is 5. The number of benzene rings is 1. The number of piperidine rings is 1. The second-order valence-electron chi connectivity index (χ2n) is 7.43. The van der Waals surface area contributed by atoms with E-state index >= 15 is 0 Å². The molecule has 7 heteroatoms. The molecule has 2 aliphatic heterocycles. The highest BCUT2D eigenvalue weighted by atomic mass is 16.5. The maximum atomic E-state index is 12.1. The second kappa shape index (κ2) is 8.56. The predicted octanol–water partition coefficient (Wildman–Crippen LogP) is 3.64. The lowest BCUT2D eigenvalue weighted by molar-refractivity contribution is -0.124. The van der Waals surface area contributed by atoms with Crippen LogP contribution in [0.4, 0.5) is 23.1 Å². The average Bonchev–Trinajstić information content (AvgIpc) is 3.25. The van der Waals surface area contributed by atoms with Gasteiger partial charge < -0.3 is 20.3 Å². The van der Waals surface area contributed by atoms with Crippen LogP contribution in [0, 0.1) is 6.92 Å². The predicted molar refractivity (Wildman–Crippen MR) is 110 cm³/mol. The lowest BCUT2D eigenvalue weighted by Gasteiger charge is -2.28. The van der Waals surface area contributed by atoms with E-state index in [2.05, 4.69) is 20.5 Å². The molecular formula is C21H27N5O2. The lowest BCUT2D eigenvalue weighted by atomic mass is 10.1. The van der Waals surface area contributed by atoms with Gasteiger partial charge in [0.1, 0.15) is 11.9 Å². The number of ether oxygens (including phenoxy) is 1. The summed E-state index contributed by atoms with van der Waals surface area (Å²) in [5, 5.41) is 6.18. The van der Waals surface area contributed by atoms with E-state index in [1.807, 2.05) is 37.3 Å². The monoisotopic (exact) mass is 381 g/mol. The molecule has 0 unspecified atom stereocenters. The molecule has 2 fully saturated rings. The first kappa shape index (κ1) is 18.7. The van der Waals surface area contributed by atoms with Crippen molar-refractivity contribution < 1.29 is 9.53 Å². The smallest absolute Gasteiger partial charge is 0.253 e. The van der Waals surface area contributed by atoms with Crippen LogP contribution >= 0.6 is 0 Å². The van der Waals surface area contributed by atoms with Gasteiger partial charge in [-0.2, -0.15) is 4.98 Å². The highest BCUT2D eigenvalue weighted by molar-refractivity contribution is 5.94. The minimum Gasteiger partial charge on any atom is -0.368 e. The van der Waals surface area contributed by atoms with E-state index in [4.69, 9.17) is 9.72 Å². The summed E-state index contributed by atoms with van der Waals surface area (Å²) in [6, 6.07) is 9.61. The molecule has 1 aromatic carbocycles. The van der Waals surface area contributed by atoms with Crippen LogP contribution in [0.2, 0.25) is 0 Å². The minimum absolute atomic E-state index is 0.0774. The second-order valence-corrected chi connectivity index (χ2v) is 7.43. The molecule has 4 rings (SSSR count). The summed E-state index contributed by atoms with van der Waals surface area (Å²) in [5.74, 6) is 1.50. The van der Waals surface area contributed by atoms with E-state index in [-0.39, 0.29) is 12.0 Å². The fraction of sp³-hybridized carbons (Fsp3) is 0.476. The van der Waals surface area contributed by atoms with Gasteiger partial charge in [-0.15, -0.1) is 0 Å². The van der Waals surface area contributed by atoms with Gasteiger partial charge in [0.15, 0.2) is 0 Å². The Hall–Kier alpha value is -2.67. The van der Waals surface area contributed by atoms with Crippen molar-refractivity contribution in [2.75, 3.05) is 35.2 Å². The molecule has 148 valence electrons. The minimum atomic E-state index is -0.327. The maximum absolute atomic E-state index is 12.1. The molecule has 2 saturated heterocycles. The molecule has 28 heavy (non-hydrogen) atoms. The van der Waals surface area contributed by atoms with Gasteiger partial charge in [-0.1, -0.05) is 0 Å². The molecule has 0 saturated carbocycles. The van der Waals surface area contributed by atoms with E-state index < -0.39 is 0 Å². The molecule has 0 bridgehead atoms. The average molecular weight is 381 g/mol. The van der Waals surface area contributed by atoms with Gasteiger partial charge in [-0.3, -0.25) is 4.79 Å². The highest BCUT2D eigenvalue weighted by Crippen LogP contribution is 2.23. The van der Waals surface area contributed by atoms with Crippen molar-refractivity contribution in [3.8, 4) is 0 Å². The Morgan fingerprint density at radius 3 is 2.54 bits per heavy atom. The molecule has 0 radical (unpaired) electrons. The fourth-order valence-corrected chi connectivity index (χ4v) is 3.67. The molecule has 2 N–H and O–H groups in total. The van der Waals surface area contributed by atoms with Crippen LogP contribution in [0.5, 0.6) is 0 Å². The largest absolute Gasteiger partial charge is 0.368 e. The van der Waals surface area contributed by atoms with Crippen LogP contribution in [0.15, 0.2) is 30.3 Å². The fourth-order valence-electron chi connectivity index (χ4n) is 3.67. The zero-order valence-electron chi connectivity index (χ0n) is 16.3. The van der Waals surface area contributed by atoms with E-state index in [9.17, 15) is 4.79 Å². The van der Waals surface area contributed by atoms with Crippen LogP contribution in [0.3, 0.4) is 0 Å². The Kier molecular flexibility index (Phi) is 5.71. The highest BCUT2D eigenvalue weighted by Gasteiger charge is 2.23. The van der Waals surface area contributed by atoms with Crippen LogP contribution < -0.4 is 15.5 Å². The molecule has 0 spiro atoms. The Labute approximate surface area is 165 Å². The summed E-state index contributed by atoms with van der Waals surface area (Å²) >= 11 is 0. The van der Waals surface area contributed by atoms with E-state index in [0.717, 1.165) is 48.8 Å². The van der Waals surface area contributed by atoms with Crippen LogP contribution in [-0.2, 0) is 9.53 Å². The van der Waals surface area contributed by atoms with Gasteiger partial charge in [0.2, 0.25) is 5.95 Å². The number of carbonyl (C=O) groups excluding carboxylic acids is 1. The molecule has 2 aliphatic rings. The van der Waals surface area contributed by atoms with Crippen LogP contribution in [-0.4, -0.2) is 41.7 Å². The number of carbonyl (C=O) groups is 1. The van der Waals surface area contributed by atoms with Crippen LogP contribution in [0.25, 0.3) is 0 Å². The topological polar surface area (TPSA) is 79.4 Å². The SMILES string of the molecule is Cc1cc(N2CCCCC2)nc(Nc2ccc(NC(=O)[C@@H]3CCCO3)cc2)n1. The zero-order valence-corrected chi connectivity index (χ0v) is 16.3. The van der Waals surface area contributed by atoms with Crippen molar-refractivity contribution >= 4 is 29.0 Å². The number of anilines is 4. The number of aryl methyl sites for hydroxylation is 1. The summed E-state index contributed by atoms with van der Waals surface area (Å²) in [7, 11) is 0. The molecular weight excluding hydrogens is 354 g/mol. The number of hydrogen-bond acceptors (Lipinski definition) is 6. The Balaban J connectivity index is 1.41. The van der Waals surface area contributed by atoms with Gasteiger partial charge in [-0.05, 0) is 63.3 Å². The molecule has 1 amide bonds. The number of hydrogen-bond donors (Lipinski definition) is 2. The first-order valence-corrected chi connectivity index (χ1v) is 10.1. The molecule has 0 aliphatic carbocycles. The Bertz CT molecular complexity index is 812. The molecule has 7 nitrogen and oxygen atoms in total. The first-order valence-electron chi connectivity index (χ1n) is 10.1. The summed E-state index contributed by atoms with van der Waals surface area (Å²) in [5.41, 5.74) is 2.58. The van der Waals surface area contributed by atoms with Gasteiger partial charge in [0.25, 0.3) is 5.91 Å². The number of amides is 1. The van der Waals surface area contributed by atoms with Gasteiger partial charge in [0, 0.05) is 42.8 Å². The maximum Gasteiger partial charge on any atom is 0.253 e. The number of nitrogens with zero attached hydrogens (tertiary/aromatic N) is 3. The van der Waals surface area contributed by atoms with Crippen molar-refractivity contribution in [2.24, 2.45) is 0 Å². The normalized spacial score (nSPS) is 19.5. The van der Waals surface area contributed by atoms with Crippen molar-refractivity contribution in [3.63, 3.8) is 0 Å². The van der Waals surface area contributed by atoms with Gasteiger partial charge in [0.05, 0.1) is 0 Å². The Morgan fingerprint density at radius 2 is 1.82 bits per heavy atom. The van der Waals surface area contributed by atoms with Crippen LogP contribution in [0.1, 0.15) is 37.8 Å². The third-order valence-corrected chi connectivity index (χ3v) is 5.15. The van der Waals surface area contributed by atoms with Crippen molar-refractivity contribution in [1.29, 1.82) is 0 Å². The number of nitrogens with one attached hydrogen (secondary N) is 2. The third kappa shape index (κ3) is 4.59. The van der Waals surface area contributed by atoms with Crippen molar-refractivity contribution in [1.82, 2.24) is 9.97 Å². The van der Waals surface area contributed by atoms with E-state index in [1.54, 1.807) is 0 Å². The molecule has 2 aromatic rings. The molecule has 1 aromatic heterocycles. The standard InChI is InChI=1S/C21H27N5O2/c1-15-14-19(26-11-3-2-4-12-26)25-21(22-15)24-17-9-7-16(8-10-17)23-20(27)18-6-5-13-28-18/h7-10,14,18H,2-6,11-13H2,1H3,(H,23,27)(H,22,24,25)/t18-/m0/s1. The summed E-state index contributed by atoms with van der Waals surface area (Å²) in [4.78, 5) is 23.7. The number of aromatic nitrogens is 2. The quantitative estimate of drug-likeness (QED) is 0.823.